The SMILES string of the molecule is CC(C)N(CCC(O)(C1CC1)C1CC1)C(C)C. The minimum atomic E-state index is -0.317. The van der Waals surface area contributed by atoms with Crippen molar-refractivity contribution < 1.29 is 5.11 Å². The fourth-order valence-electron chi connectivity index (χ4n) is 3.33. The Morgan fingerprint density at radius 2 is 1.41 bits per heavy atom. The molecule has 0 aromatic carbocycles. The van der Waals surface area contributed by atoms with E-state index in [0.29, 0.717) is 23.9 Å². The third-order valence-corrected chi connectivity index (χ3v) is 4.67. The van der Waals surface area contributed by atoms with E-state index in [0.717, 1.165) is 13.0 Å². The summed E-state index contributed by atoms with van der Waals surface area (Å²) in [5.41, 5.74) is -0.317. The molecule has 0 aromatic rings. The van der Waals surface area contributed by atoms with Crippen LogP contribution in [0.25, 0.3) is 0 Å². The molecule has 2 fully saturated rings. The molecule has 0 saturated heterocycles. The van der Waals surface area contributed by atoms with E-state index < -0.39 is 0 Å². The highest BCUT2D eigenvalue weighted by Gasteiger charge is 2.52. The highest BCUT2D eigenvalue weighted by molar-refractivity contribution is 5.04. The predicted molar refractivity (Wildman–Crippen MR) is 72.0 cm³/mol. The Hall–Kier alpha value is -0.0800. The smallest absolute Gasteiger partial charge is 0.0716 e. The zero-order chi connectivity index (χ0) is 12.6. The summed E-state index contributed by atoms with van der Waals surface area (Å²) in [6, 6.07) is 1.16. The van der Waals surface area contributed by atoms with Crippen molar-refractivity contribution in [1.82, 2.24) is 4.90 Å². The predicted octanol–water partition coefficient (Wildman–Crippen LogP) is 3.05. The first-order valence-electron chi connectivity index (χ1n) is 7.43. The Bertz CT molecular complexity index is 234. The molecule has 0 spiro atoms. The van der Waals surface area contributed by atoms with Crippen molar-refractivity contribution in [2.24, 2.45) is 11.8 Å². The van der Waals surface area contributed by atoms with Crippen LogP contribution in [0.1, 0.15) is 59.8 Å². The van der Waals surface area contributed by atoms with Crippen LogP contribution in [-0.2, 0) is 0 Å². The summed E-state index contributed by atoms with van der Waals surface area (Å²) in [6.45, 7) is 10.1. The molecule has 0 unspecified atom stereocenters. The van der Waals surface area contributed by atoms with E-state index >= 15 is 0 Å². The Morgan fingerprint density at radius 3 is 1.71 bits per heavy atom. The minimum Gasteiger partial charge on any atom is -0.389 e. The summed E-state index contributed by atoms with van der Waals surface area (Å²) < 4.78 is 0. The highest BCUT2D eigenvalue weighted by atomic mass is 16.3. The molecule has 17 heavy (non-hydrogen) atoms. The molecule has 0 aliphatic heterocycles. The molecule has 2 aliphatic rings. The van der Waals surface area contributed by atoms with Crippen LogP contribution in [0.4, 0.5) is 0 Å². The Balaban J connectivity index is 1.90. The van der Waals surface area contributed by atoms with Gasteiger partial charge in [0.15, 0.2) is 0 Å². The average molecular weight is 239 g/mol. The van der Waals surface area contributed by atoms with E-state index in [1.165, 1.54) is 25.7 Å². The molecule has 0 aromatic heterocycles. The molecule has 100 valence electrons. The van der Waals surface area contributed by atoms with E-state index in [4.69, 9.17) is 0 Å². The van der Waals surface area contributed by atoms with Crippen molar-refractivity contribution in [1.29, 1.82) is 0 Å². The number of rotatable bonds is 7. The summed E-state index contributed by atoms with van der Waals surface area (Å²) >= 11 is 0. The van der Waals surface area contributed by atoms with Crippen molar-refractivity contribution in [2.45, 2.75) is 77.5 Å². The lowest BCUT2D eigenvalue weighted by Gasteiger charge is -2.35. The molecule has 2 nitrogen and oxygen atoms in total. The average Bonchev–Trinajstić information content (AvgIpc) is 3.07. The van der Waals surface area contributed by atoms with E-state index in [1.807, 2.05) is 0 Å². The largest absolute Gasteiger partial charge is 0.389 e. The fraction of sp³-hybridized carbons (Fsp3) is 1.00. The van der Waals surface area contributed by atoms with Crippen LogP contribution in [0, 0.1) is 11.8 Å². The number of hydrogen-bond donors (Lipinski definition) is 1. The molecule has 2 aliphatic carbocycles. The standard InChI is InChI=1S/C15H29NO/c1-11(2)16(12(3)4)10-9-15(17,13-5-6-13)14-7-8-14/h11-14,17H,5-10H2,1-4H3. The summed E-state index contributed by atoms with van der Waals surface area (Å²) in [6.07, 6.45) is 6.03. The first-order chi connectivity index (χ1) is 7.95. The molecule has 2 rings (SSSR count). The maximum absolute atomic E-state index is 10.9. The fourth-order valence-corrected chi connectivity index (χ4v) is 3.33. The van der Waals surface area contributed by atoms with Gasteiger partial charge in [0.05, 0.1) is 5.60 Å². The van der Waals surface area contributed by atoms with Gasteiger partial charge in [-0.05, 0) is 71.6 Å². The van der Waals surface area contributed by atoms with E-state index in [1.54, 1.807) is 0 Å². The van der Waals surface area contributed by atoms with E-state index in [9.17, 15) is 5.11 Å². The lowest BCUT2D eigenvalue weighted by Crippen LogP contribution is -2.43. The van der Waals surface area contributed by atoms with Crippen LogP contribution in [0.15, 0.2) is 0 Å². The summed E-state index contributed by atoms with van der Waals surface area (Å²) in [4.78, 5) is 2.51. The van der Waals surface area contributed by atoms with Crippen LogP contribution < -0.4 is 0 Å². The van der Waals surface area contributed by atoms with Gasteiger partial charge in [0.1, 0.15) is 0 Å². The van der Waals surface area contributed by atoms with Crippen molar-refractivity contribution in [3.63, 3.8) is 0 Å². The first kappa shape index (κ1) is 13.4. The summed E-state index contributed by atoms with van der Waals surface area (Å²) in [7, 11) is 0. The zero-order valence-electron chi connectivity index (χ0n) is 11.9. The topological polar surface area (TPSA) is 23.5 Å². The molecule has 0 radical (unpaired) electrons. The normalized spacial score (nSPS) is 21.9. The van der Waals surface area contributed by atoms with Crippen LogP contribution in [0.2, 0.25) is 0 Å². The van der Waals surface area contributed by atoms with Gasteiger partial charge in [0.25, 0.3) is 0 Å². The molecular formula is C15H29NO. The molecule has 0 bridgehead atoms. The molecule has 2 heteroatoms. The van der Waals surface area contributed by atoms with Crippen molar-refractivity contribution in [2.75, 3.05) is 6.54 Å². The summed E-state index contributed by atoms with van der Waals surface area (Å²) in [5, 5.41) is 10.9. The third-order valence-electron chi connectivity index (χ3n) is 4.67. The number of hydrogen-bond acceptors (Lipinski definition) is 2. The second-order valence-corrected chi connectivity index (χ2v) is 6.72. The van der Waals surface area contributed by atoms with Crippen LogP contribution in [-0.4, -0.2) is 34.2 Å². The maximum Gasteiger partial charge on any atom is 0.0716 e. The van der Waals surface area contributed by atoms with Crippen molar-refractivity contribution >= 4 is 0 Å². The molecule has 0 heterocycles. The molecule has 2 saturated carbocycles. The minimum absolute atomic E-state index is 0.317. The van der Waals surface area contributed by atoms with Gasteiger partial charge in [-0.15, -0.1) is 0 Å². The monoisotopic (exact) mass is 239 g/mol. The third kappa shape index (κ3) is 3.03. The zero-order valence-corrected chi connectivity index (χ0v) is 11.9. The molecule has 0 amide bonds. The first-order valence-corrected chi connectivity index (χ1v) is 7.43. The lowest BCUT2D eigenvalue weighted by molar-refractivity contribution is -0.0252. The van der Waals surface area contributed by atoms with Crippen LogP contribution >= 0.6 is 0 Å². The van der Waals surface area contributed by atoms with Gasteiger partial charge >= 0.3 is 0 Å². The number of aliphatic hydroxyl groups is 1. The van der Waals surface area contributed by atoms with Gasteiger partial charge in [0, 0.05) is 18.6 Å². The van der Waals surface area contributed by atoms with Gasteiger partial charge in [-0.1, -0.05) is 0 Å². The quantitative estimate of drug-likeness (QED) is 0.738. The van der Waals surface area contributed by atoms with Crippen LogP contribution in [0.3, 0.4) is 0 Å². The second-order valence-electron chi connectivity index (χ2n) is 6.72. The highest BCUT2D eigenvalue weighted by Crippen LogP contribution is 2.53. The Labute approximate surface area is 106 Å². The Kier molecular flexibility index (Phi) is 3.84. The van der Waals surface area contributed by atoms with E-state index in [2.05, 4.69) is 32.6 Å². The number of nitrogens with zero attached hydrogens (tertiary/aromatic N) is 1. The summed E-state index contributed by atoms with van der Waals surface area (Å²) in [5.74, 6) is 1.24. The Morgan fingerprint density at radius 1 is 1.00 bits per heavy atom. The van der Waals surface area contributed by atoms with Crippen LogP contribution in [0.5, 0.6) is 0 Å². The van der Waals surface area contributed by atoms with Gasteiger partial charge in [-0.25, -0.2) is 0 Å². The van der Waals surface area contributed by atoms with Gasteiger partial charge < -0.3 is 5.11 Å². The van der Waals surface area contributed by atoms with Gasteiger partial charge in [-0.2, -0.15) is 0 Å². The molecular weight excluding hydrogens is 210 g/mol. The second kappa shape index (κ2) is 4.89. The molecule has 1 N–H and O–H groups in total. The van der Waals surface area contributed by atoms with E-state index in [-0.39, 0.29) is 5.60 Å². The maximum atomic E-state index is 10.9. The van der Waals surface area contributed by atoms with Gasteiger partial charge in [0.2, 0.25) is 0 Å². The van der Waals surface area contributed by atoms with Crippen molar-refractivity contribution in [3.8, 4) is 0 Å². The lowest BCUT2D eigenvalue weighted by atomic mass is 9.87. The van der Waals surface area contributed by atoms with Gasteiger partial charge in [-0.3, -0.25) is 4.90 Å². The molecule has 0 atom stereocenters. The van der Waals surface area contributed by atoms with Crippen molar-refractivity contribution in [3.05, 3.63) is 0 Å².